The third kappa shape index (κ3) is 1.71. The van der Waals surface area contributed by atoms with E-state index in [2.05, 4.69) is 10.9 Å². The molecule has 0 saturated heterocycles. The third-order valence-electron chi connectivity index (χ3n) is 1.82. The van der Waals surface area contributed by atoms with Gasteiger partial charge in [0.2, 0.25) is 6.41 Å². The standard InChI is InChI=1S/C9H10N2O3/c12-6-10-11-7-1-2-8-9(5-7)14-4-3-13-8/h1-2,5-6,11H,3-4H2,(H,10,12). The van der Waals surface area contributed by atoms with Crippen LogP contribution >= 0.6 is 0 Å². The lowest BCUT2D eigenvalue weighted by Gasteiger charge is -2.18. The first kappa shape index (κ1) is 8.68. The molecule has 2 rings (SSSR count). The van der Waals surface area contributed by atoms with Gasteiger partial charge in [0.1, 0.15) is 13.2 Å². The van der Waals surface area contributed by atoms with Gasteiger partial charge in [-0.1, -0.05) is 0 Å². The highest BCUT2D eigenvalue weighted by atomic mass is 16.6. The fraction of sp³-hybridized carbons (Fsp3) is 0.222. The first-order valence-corrected chi connectivity index (χ1v) is 4.25. The predicted octanol–water partition coefficient (Wildman–Crippen LogP) is 0.531. The van der Waals surface area contributed by atoms with E-state index >= 15 is 0 Å². The van der Waals surface area contributed by atoms with Gasteiger partial charge in [-0.2, -0.15) is 0 Å². The minimum absolute atomic E-state index is 0.553. The molecule has 1 heterocycles. The van der Waals surface area contributed by atoms with Crippen LogP contribution in [0.1, 0.15) is 0 Å². The zero-order chi connectivity index (χ0) is 9.80. The number of carbonyl (C=O) groups excluding carboxylic acids is 1. The molecule has 1 aliphatic heterocycles. The van der Waals surface area contributed by atoms with Crippen molar-refractivity contribution in [2.45, 2.75) is 0 Å². The van der Waals surface area contributed by atoms with Crippen molar-refractivity contribution in [1.29, 1.82) is 0 Å². The molecule has 0 unspecified atom stereocenters. The van der Waals surface area contributed by atoms with E-state index in [0.29, 0.717) is 25.4 Å². The van der Waals surface area contributed by atoms with Crippen LogP contribution in [0, 0.1) is 0 Å². The summed E-state index contributed by atoms with van der Waals surface area (Å²) in [6, 6.07) is 5.36. The molecule has 5 nitrogen and oxygen atoms in total. The summed E-state index contributed by atoms with van der Waals surface area (Å²) >= 11 is 0. The van der Waals surface area contributed by atoms with E-state index in [1.807, 2.05) is 0 Å². The lowest BCUT2D eigenvalue weighted by atomic mass is 10.2. The van der Waals surface area contributed by atoms with E-state index in [-0.39, 0.29) is 0 Å². The van der Waals surface area contributed by atoms with Crippen molar-refractivity contribution >= 4 is 12.1 Å². The molecule has 0 aromatic heterocycles. The first-order chi connectivity index (χ1) is 6.90. The van der Waals surface area contributed by atoms with Gasteiger partial charge >= 0.3 is 0 Å². The molecule has 0 saturated carbocycles. The first-order valence-electron chi connectivity index (χ1n) is 4.25. The summed E-state index contributed by atoms with van der Waals surface area (Å²) in [7, 11) is 0. The molecule has 0 atom stereocenters. The summed E-state index contributed by atoms with van der Waals surface area (Å²) in [5.74, 6) is 1.42. The average molecular weight is 194 g/mol. The van der Waals surface area contributed by atoms with Crippen LogP contribution in [0.25, 0.3) is 0 Å². The monoisotopic (exact) mass is 194 g/mol. The number of hydrogen-bond acceptors (Lipinski definition) is 4. The second-order valence-electron chi connectivity index (χ2n) is 2.75. The molecule has 14 heavy (non-hydrogen) atoms. The van der Waals surface area contributed by atoms with E-state index in [9.17, 15) is 4.79 Å². The van der Waals surface area contributed by atoms with Gasteiger partial charge in [0.05, 0.1) is 5.69 Å². The second kappa shape index (κ2) is 3.87. The lowest BCUT2D eigenvalue weighted by molar-refractivity contribution is -0.109. The van der Waals surface area contributed by atoms with Crippen molar-refractivity contribution in [3.63, 3.8) is 0 Å². The lowest BCUT2D eigenvalue weighted by Crippen LogP contribution is -2.20. The van der Waals surface area contributed by atoms with Crippen molar-refractivity contribution in [3.05, 3.63) is 18.2 Å². The molecule has 1 aromatic carbocycles. The minimum atomic E-state index is 0.553. The smallest absolute Gasteiger partial charge is 0.225 e. The van der Waals surface area contributed by atoms with Crippen LogP contribution in [-0.4, -0.2) is 19.6 Å². The van der Waals surface area contributed by atoms with E-state index in [1.54, 1.807) is 18.2 Å². The number of hydrogen-bond donors (Lipinski definition) is 2. The van der Waals surface area contributed by atoms with Gasteiger partial charge in [-0.25, -0.2) is 0 Å². The Morgan fingerprint density at radius 2 is 2.00 bits per heavy atom. The summed E-state index contributed by atoms with van der Waals surface area (Å²) in [6.07, 6.45) is 0.566. The average Bonchev–Trinajstić information content (AvgIpc) is 2.26. The van der Waals surface area contributed by atoms with Crippen molar-refractivity contribution in [2.75, 3.05) is 18.6 Å². The molecule has 5 heteroatoms. The Bertz CT molecular complexity index is 341. The van der Waals surface area contributed by atoms with Crippen LogP contribution in [0.2, 0.25) is 0 Å². The summed E-state index contributed by atoms with van der Waals surface area (Å²) in [5.41, 5.74) is 5.79. The van der Waals surface area contributed by atoms with Crippen LogP contribution in [0.4, 0.5) is 5.69 Å². The summed E-state index contributed by atoms with van der Waals surface area (Å²) in [4.78, 5) is 10.0. The number of ether oxygens (including phenoxy) is 2. The maximum Gasteiger partial charge on any atom is 0.225 e. The number of rotatable bonds is 3. The van der Waals surface area contributed by atoms with Gasteiger partial charge in [-0.15, -0.1) is 0 Å². The van der Waals surface area contributed by atoms with E-state index in [0.717, 1.165) is 11.4 Å². The van der Waals surface area contributed by atoms with Crippen LogP contribution in [0.3, 0.4) is 0 Å². The van der Waals surface area contributed by atoms with Crippen molar-refractivity contribution in [1.82, 2.24) is 5.43 Å². The Balaban J connectivity index is 2.16. The van der Waals surface area contributed by atoms with E-state index in [4.69, 9.17) is 9.47 Å². The number of fused-ring (bicyclic) bond motifs is 1. The highest BCUT2D eigenvalue weighted by Crippen LogP contribution is 2.32. The maximum atomic E-state index is 10.0. The molecule has 0 radical (unpaired) electrons. The Kier molecular flexibility index (Phi) is 2.40. The van der Waals surface area contributed by atoms with Gasteiger partial charge in [-0.05, 0) is 12.1 Å². The molecule has 0 fully saturated rings. The van der Waals surface area contributed by atoms with E-state index in [1.165, 1.54) is 0 Å². The molecule has 1 amide bonds. The molecule has 1 aliphatic rings. The number of carbonyl (C=O) groups is 1. The fourth-order valence-corrected chi connectivity index (χ4v) is 1.23. The molecular weight excluding hydrogens is 184 g/mol. The quantitative estimate of drug-likeness (QED) is 0.544. The summed E-state index contributed by atoms with van der Waals surface area (Å²) in [5, 5.41) is 0. The van der Waals surface area contributed by atoms with E-state index < -0.39 is 0 Å². The maximum absolute atomic E-state index is 10.0. The molecule has 0 spiro atoms. The van der Waals surface area contributed by atoms with Gasteiger partial charge in [0.15, 0.2) is 11.5 Å². The van der Waals surface area contributed by atoms with Gasteiger partial charge in [0, 0.05) is 6.07 Å². The molecule has 74 valence electrons. The molecule has 0 aliphatic carbocycles. The fourth-order valence-electron chi connectivity index (χ4n) is 1.23. The zero-order valence-corrected chi connectivity index (χ0v) is 7.45. The Morgan fingerprint density at radius 3 is 2.79 bits per heavy atom. The van der Waals surface area contributed by atoms with Crippen LogP contribution in [0.15, 0.2) is 18.2 Å². The zero-order valence-electron chi connectivity index (χ0n) is 7.45. The summed E-state index contributed by atoms with van der Waals surface area (Å²) < 4.78 is 10.7. The molecule has 1 aromatic rings. The Morgan fingerprint density at radius 1 is 1.21 bits per heavy atom. The topological polar surface area (TPSA) is 59.6 Å². The van der Waals surface area contributed by atoms with Crippen LogP contribution < -0.4 is 20.3 Å². The van der Waals surface area contributed by atoms with Gasteiger partial charge in [0.25, 0.3) is 0 Å². The number of benzene rings is 1. The highest BCUT2D eigenvalue weighted by Gasteiger charge is 2.11. The predicted molar refractivity (Wildman–Crippen MR) is 50.3 cm³/mol. The number of hydrazine groups is 1. The van der Waals surface area contributed by atoms with Gasteiger partial charge in [-0.3, -0.25) is 15.6 Å². The minimum Gasteiger partial charge on any atom is -0.486 e. The van der Waals surface area contributed by atoms with Crippen LogP contribution in [0.5, 0.6) is 11.5 Å². The summed E-state index contributed by atoms with van der Waals surface area (Å²) in [6.45, 7) is 1.13. The highest BCUT2D eigenvalue weighted by molar-refractivity contribution is 5.58. The van der Waals surface area contributed by atoms with Gasteiger partial charge < -0.3 is 9.47 Å². The Labute approximate surface area is 81.0 Å². The normalized spacial score (nSPS) is 13.1. The third-order valence-corrected chi connectivity index (χ3v) is 1.82. The number of nitrogens with one attached hydrogen (secondary N) is 2. The molecular formula is C9H10N2O3. The molecule has 0 bridgehead atoms. The number of anilines is 1. The SMILES string of the molecule is O=CNNc1ccc2c(c1)OCCO2. The number of amides is 1. The van der Waals surface area contributed by atoms with Crippen molar-refractivity contribution in [3.8, 4) is 11.5 Å². The van der Waals surface area contributed by atoms with Crippen molar-refractivity contribution in [2.24, 2.45) is 0 Å². The largest absolute Gasteiger partial charge is 0.486 e. The molecule has 2 N–H and O–H groups in total. The van der Waals surface area contributed by atoms with Crippen LogP contribution in [-0.2, 0) is 4.79 Å². The second-order valence-corrected chi connectivity index (χ2v) is 2.75. The Hall–Kier alpha value is -1.91. The van der Waals surface area contributed by atoms with Crippen molar-refractivity contribution < 1.29 is 14.3 Å².